The Morgan fingerprint density at radius 3 is 2.13 bits per heavy atom. The molecule has 1 atom stereocenters. The van der Waals surface area contributed by atoms with Gasteiger partial charge in [-0.15, -0.1) is 0 Å². The van der Waals surface area contributed by atoms with Crippen LogP contribution >= 0.6 is 0 Å². The molecule has 0 heterocycles. The number of hydrogen-bond donors (Lipinski definition) is 1. The maximum Gasteiger partial charge on any atom is 0.264 e. The van der Waals surface area contributed by atoms with E-state index in [1.54, 1.807) is 42.5 Å². The van der Waals surface area contributed by atoms with Crippen LogP contribution in [0, 0.1) is 20.8 Å². The van der Waals surface area contributed by atoms with Crippen LogP contribution in [0.3, 0.4) is 0 Å². The van der Waals surface area contributed by atoms with Crippen LogP contribution < -0.4 is 9.62 Å². The molecule has 3 aromatic carbocycles. The summed E-state index contributed by atoms with van der Waals surface area (Å²) in [5, 5.41) is 2.92. The molecule has 0 aliphatic carbocycles. The van der Waals surface area contributed by atoms with Gasteiger partial charge >= 0.3 is 0 Å². The van der Waals surface area contributed by atoms with Gasteiger partial charge in [-0.1, -0.05) is 61.0 Å². The fourth-order valence-corrected chi connectivity index (χ4v) is 5.83. The average Bonchev–Trinajstić information content (AvgIpc) is 2.87. The average molecular weight is 550 g/mol. The van der Waals surface area contributed by atoms with Crippen LogP contribution in [0.1, 0.15) is 49.4 Å². The highest BCUT2D eigenvalue weighted by molar-refractivity contribution is 7.92. The van der Waals surface area contributed by atoms with Crippen LogP contribution in [0.15, 0.2) is 77.7 Å². The van der Waals surface area contributed by atoms with Crippen LogP contribution in [-0.4, -0.2) is 43.8 Å². The molecule has 0 bridgehead atoms. The van der Waals surface area contributed by atoms with Gasteiger partial charge in [0.25, 0.3) is 10.0 Å². The summed E-state index contributed by atoms with van der Waals surface area (Å²) in [6.07, 6.45) is 0.380. The predicted octanol–water partition coefficient (Wildman–Crippen LogP) is 5.14. The monoisotopic (exact) mass is 549 g/mol. The van der Waals surface area contributed by atoms with Crippen LogP contribution in [0.4, 0.5) is 5.69 Å². The van der Waals surface area contributed by atoms with Gasteiger partial charge in [0.2, 0.25) is 11.8 Å². The van der Waals surface area contributed by atoms with Crippen molar-refractivity contribution in [2.75, 3.05) is 10.8 Å². The van der Waals surface area contributed by atoms with Gasteiger partial charge in [-0.3, -0.25) is 13.9 Å². The lowest BCUT2D eigenvalue weighted by Crippen LogP contribution is -2.53. The molecule has 2 amide bonds. The smallest absolute Gasteiger partial charge is 0.264 e. The zero-order valence-electron chi connectivity index (χ0n) is 23.6. The Morgan fingerprint density at radius 2 is 1.54 bits per heavy atom. The highest BCUT2D eigenvalue weighted by atomic mass is 32.2. The molecule has 0 aromatic heterocycles. The first kappa shape index (κ1) is 29.9. The Kier molecular flexibility index (Phi) is 9.92. The highest BCUT2D eigenvalue weighted by Gasteiger charge is 2.34. The minimum Gasteiger partial charge on any atom is -0.352 e. The zero-order chi connectivity index (χ0) is 28.7. The second-order valence-electron chi connectivity index (χ2n) is 10.2. The van der Waals surface area contributed by atoms with Crippen molar-refractivity contribution in [3.63, 3.8) is 0 Å². The van der Waals surface area contributed by atoms with Gasteiger partial charge in [-0.05, 0) is 82.0 Å². The van der Waals surface area contributed by atoms with Crippen molar-refractivity contribution in [3.8, 4) is 0 Å². The third kappa shape index (κ3) is 7.47. The molecule has 1 N–H and O–H groups in total. The van der Waals surface area contributed by atoms with E-state index < -0.39 is 28.5 Å². The summed E-state index contributed by atoms with van der Waals surface area (Å²) in [6.45, 7) is 11.0. The summed E-state index contributed by atoms with van der Waals surface area (Å²) in [7, 11) is -4.08. The Morgan fingerprint density at radius 1 is 0.872 bits per heavy atom. The summed E-state index contributed by atoms with van der Waals surface area (Å²) >= 11 is 0. The molecule has 0 spiro atoms. The molecule has 3 aromatic rings. The van der Waals surface area contributed by atoms with E-state index in [2.05, 4.69) is 5.32 Å². The van der Waals surface area contributed by atoms with E-state index in [9.17, 15) is 18.0 Å². The largest absolute Gasteiger partial charge is 0.352 e. The van der Waals surface area contributed by atoms with E-state index in [1.807, 2.05) is 71.9 Å². The third-order valence-electron chi connectivity index (χ3n) is 6.60. The number of aryl methyl sites for hydroxylation is 3. The quantitative estimate of drug-likeness (QED) is 0.359. The number of anilines is 1. The van der Waals surface area contributed by atoms with Gasteiger partial charge in [0.1, 0.15) is 12.6 Å². The molecule has 0 aliphatic heterocycles. The Balaban J connectivity index is 2.08. The predicted molar refractivity (Wildman–Crippen MR) is 156 cm³/mol. The fraction of sp³-hybridized carbons (Fsp3) is 0.355. The molecule has 0 saturated carbocycles. The summed E-state index contributed by atoms with van der Waals surface area (Å²) in [4.78, 5) is 28.9. The number of carbonyl (C=O) groups is 2. The standard InChI is InChI=1S/C31H39N3O4S/c1-7-29(31(36)32-22(2)3)33(20-26-13-9-8-12-25(26)6)30(35)21-34(27-14-10-11-24(5)19-27)39(37,38)28-17-15-23(4)16-18-28/h8-19,22,29H,7,20-21H2,1-6H3,(H,32,36)/t29-/m0/s1. The van der Waals surface area contributed by atoms with Crippen molar-refractivity contribution < 1.29 is 18.0 Å². The molecule has 7 nitrogen and oxygen atoms in total. The van der Waals surface area contributed by atoms with Gasteiger partial charge in [0.15, 0.2) is 0 Å². The van der Waals surface area contributed by atoms with Crippen LogP contribution in [0.5, 0.6) is 0 Å². The lowest BCUT2D eigenvalue weighted by Gasteiger charge is -2.34. The fourth-order valence-electron chi connectivity index (χ4n) is 4.42. The molecular weight excluding hydrogens is 510 g/mol. The summed E-state index contributed by atoms with van der Waals surface area (Å²) < 4.78 is 29.0. The van der Waals surface area contributed by atoms with Crippen molar-refractivity contribution >= 4 is 27.5 Å². The van der Waals surface area contributed by atoms with E-state index in [-0.39, 0.29) is 23.4 Å². The second kappa shape index (κ2) is 12.9. The molecule has 0 radical (unpaired) electrons. The van der Waals surface area contributed by atoms with E-state index in [0.717, 1.165) is 26.6 Å². The van der Waals surface area contributed by atoms with Gasteiger partial charge in [-0.25, -0.2) is 8.42 Å². The summed E-state index contributed by atoms with van der Waals surface area (Å²) in [5.74, 6) is -0.723. The van der Waals surface area contributed by atoms with Crippen LogP contribution in [0.2, 0.25) is 0 Å². The first-order chi connectivity index (χ1) is 18.4. The van der Waals surface area contributed by atoms with Gasteiger partial charge in [-0.2, -0.15) is 0 Å². The number of benzene rings is 3. The van der Waals surface area contributed by atoms with Crippen LogP contribution in [0.25, 0.3) is 0 Å². The molecule has 208 valence electrons. The minimum atomic E-state index is -4.08. The molecule has 0 saturated heterocycles. The van der Waals surface area contributed by atoms with Gasteiger partial charge < -0.3 is 10.2 Å². The SMILES string of the molecule is CC[C@@H](C(=O)NC(C)C)N(Cc1ccccc1C)C(=O)CN(c1cccc(C)c1)S(=O)(=O)c1ccc(C)cc1. The molecule has 0 unspecified atom stereocenters. The molecule has 3 rings (SSSR count). The third-order valence-corrected chi connectivity index (χ3v) is 8.38. The molecular formula is C31H39N3O4S. The summed E-state index contributed by atoms with van der Waals surface area (Å²) in [6, 6.07) is 20.4. The molecule has 8 heteroatoms. The molecule has 0 aliphatic rings. The van der Waals surface area contributed by atoms with Crippen molar-refractivity contribution in [3.05, 3.63) is 95.1 Å². The number of amides is 2. The first-order valence-corrected chi connectivity index (χ1v) is 14.7. The first-order valence-electron chi connectivity index (χ1n) is 13.2. The lowest BCUT2D eigenvalue weighted by atomic mass is 10.1. The normalized spacial score (nSPS) is 12.2. The summed E-state index contributed by atoms with van der Waals surface area (Å²) in [5.41, 5.74) is 4.06. The van der Waals surface area contributed by atoms with Crippen molar-refractivity contribution in [2.24, 2.45) is 0 Å². The van der Waals surface area contributed by atoms with Gasteiger partial charge in [0.05, 0.1) is 10.6 Å². The van der Waals surface area contributed by atoms with Crippen molar-refractivity contribution in [2.45, 2.75) is 71.5 Å². The van der Waals surface area contributed by atoms with E-state index >= 15 is 0 Å². The van der Waals surface area contributed by atoms with Crippen LogP contribution in [-0.2, 0) is 26.2 Å². The number of hydrogen-bond acceptors (Lipinski definition) is 4. The molecule has 0 fully saturated rings. The number of nitrogens with one attached hydrogen (secondary N) is 1. The Labute approximate surface area is 232 Å². The Bertz CT molecular complexity index is 1400. The number of sulfonamides is 1. The minimum absolute atomic E-state index is 0.0949. The maximum absolute atomic E-state index is 14.1. The number of nitrogens with zero attached hydrogens (tertiary/aromatic N) is 2. The van der Waals surface area contributed by atoms with E-state index in [4.69, 9.17) is 0 Å². The van der Waals surface area contributed by atoms with Crippen molar-refractivity contribution in [1.82, 2.24) is 10.2 Å². The zero-order valence-corrected chi connectivity index (χ0v) is 24.5. The number of carbonyl (C=O) groups excluding carboxylic acids is 2. The molecule has 39 heavy (non-hydrogen) atoms. The van der Waals surface area contributed by atoms with E-state index in [1.165, 1.54) is 4.90 Å². The van der Waals surface area contributed by atoms with Crippen molar-refractivity contribution in [1.29, 1.82) is 0 Å². The second-order valence-corrected chi connectivity index (χ2v) is 12.1. The highest BCUT2D eigenvalue weighted by Crippen LogP contribution is 2.26. The Hall–Kier alpha value is -3.65. The maximum atomic E-state index is 14.1. The lowest BCUT2D eigenvalue weighted by molar-refractivity contribution is -0.140. The van der Waals surface area contributed by atoms with Gasteiger partial charge in [0, 0.05) is 12.6 Å². The number of rotatable bonds is 11. The topological polar surface area (TPSA) is 86.8 Å². The van der Waals surface area contributed by atoms with E-state index in [0.29, 0.717) is 12.1 Å².